The molecule has 0 aromatic carbocycles. The van der Waals surface area contributed by atoms with Crippen LogP contribution in [0.15, 0.2) is 0 Å². The van der Waals surface area contributed by atoms with E-state index in [1.807, 2.05) is 0 Å². The van der Waals surface area contributed by atoms with E-state index < -0.39 is 11.4 Å². The molecule has 0 aliphatic heterocycles. The predicted molar refractivity (Wildman–Crippen MR) is 64.9 cm³/mol. The van der Waals surface area contributed by atoms with Gasteiger partial charge < -0.3 is 5.11 Å². The number of aliphatic carboxylic acids is 1. The summed E-state index contributed by atoms with van der Waals surface area (Å²) in [5.74, 6) is 1.39. The van der Waals surface area contributed by atoms with Gasteiger partial charge in [-0.05, 0) is 69.1 Å². The molecular weight excluding hydrogens is 228 g/mol. The Bertz CT molecular complexity index is 398. The standard InChI is InChI=1S/C15H20O3/c16-12(15(1-2-15)13(17)18)14-6-9-3-10(7-14)5-11(4-9)8-14/h9-11H,1-8H2,(H,17,18). The van der Waals surface area contributed by atoms with Gasteiger partial charge in [-0.2, -0.15) is 0 Å². The average Bonchev–Trinajstić information content (AvgIpc) is 3.07. The van der Waals surface area contributed by atoms with Crippen molar-refractivity contribution in [1.29, 1.82) is 0 Å². The highest BCUT2D eigenvalue weighted by Gasteiger charge is 2.65. The van der Waals surface area contributed by atoms with E-state index in [-0.39, 0.29) is 11.2 Å². The van der Waals surface area contributed by atoms with Crippen LogP contribution in [0.25, 0.3) is 0 Å². The highest BCUT2D eigenvalue weighted by molar-refractivity contribution is 6.08. The van der Waals surface area contributed by atoms with Crippen LogP contribution >= 0.6 is 0 Å². The number of rotatable bonds is 3. The van der Waals surface area contributed by atoms with Gasteiger partial charge in [0.1, 0.15) is 5.41 Å². The number of carbonyl (C=O) groups is 2. The third-order valence-electron chi connectivity index (χ3n) is 6.11. The molecule has 5 aliphatic carbocycles. The van der Waals surface area contributed by atoms with E-state index in [0.717, 1.165) is 19.3 Å². The zero-order chi connectivity index (χ0) is 12.5. The molecule has 0 heterocycles. The summed E-state index contributed by atoms with van der Waals surface area (Å²) in [5, 5.41) is 9.35. The zero-order valence-corrected chi connectivity index (χ0v) is 10.7. The molecule has 0 saturated heterocycles. The molecule has 0 aromatic heterocycles. The molecule has 98 valence electrons. The first-order valence-electron chi connectivity index (χ1n) is 7.32. The van der Waals surface area contributed by atoms with Crippen molar-refractivity contribution in [3.8, 4) is 0 Å². The minimum absolute atomic E-state index is 0.113. The molecule has 0 amide bonds. The smallest absolute Gasteiger partial charge is 0.317 e. The quantitative estimate of drug-likeness (QED) is 0.781. The molecule has 0 unspecified atom stereocenters. The summed E-state index contributed by atoms with van der Waals surface area (Å²) in [4.78, 5) is 24.2. The largest absolute Gasteiger partial charge is 0.480 e. The second-order valence-corrected chi connectivity index (χ2v) is 7.41. The molecule has 5 saturated carbocycles. The fourth-order valence-corrected chi connectivity index (χ4v) is 5.56. The lowest BCUT2D eigenvalue weighted by Crippen LogP contribution is -2.53. The van der Waals surface area contributed by atoms with E-state index in [1.165, 1.54) is 19.3 Å². The minimum Gasteiger partial charge on any atom is -0.480 e. The topological polar surface area (TPSA) is 54.4 Å². The van der Waals surface area contributed by atoms with Crippen LogP contribution in [0.3, 0.4) is 0 Å². The Kier molecular flexibility index (Phi) is 1.94. The van der Waals surface area contributed by atoms with Gasteiger partial charge in [-0.15, -0.1) is 0 Å². The molecule has 1 N–H and O–H groups in total. The fourth-order valence-electron chi connectivity index (χ4n) is 5.56. The Morgan fingerprint density at radius 3 is 1.67 bits per heavy atom. The van der Waals surface area contributed by atoms with Crippen LogP contribution in [0.1, 0.15) is 51.4 Å². The number of hydrogen-bond acceptors (Lipinski definition) is 2. The molecular formula is C15H20O3. The van der Waals surface area contributed by atoms with Gasteiger partial charge >= 0.3 is 5.97 Å². The van der Waals surface area contributed by atoms with Crippen LogP contribution in [-0.4, -0.2) is 16.9 Å². The lowest BCUT2D eigenvalue weighted by atomic mass is 9.47. The Morgan fingerprint density at radius 2 is 1.33 bits per heavy atom. The van der Waals surface area contributed by atoms with Gasteiger partial charge in [0.05, 0.1) is 0 Å². The molecule has 0 spiro atoms. The van der Waals surface area contributed by atoms with Crippen LogP contribution < -0.4 is 0 Å². The maximum Gasteiger partial charge on any atom is 0.317 e. The van der Waals surface area contributed by atoms with Crippen LogP contribution in [0.4, 0.5) is 0 Å². The number of carboxylic acid groups (broad SMARTS) is 1. The number of ketones is 1. The van der Waals surface area contributed by atoms with Gasteiger partial charge in [-0.1, -0.05) is 0 Å². The maximum absolute atomic E-state index is 12.8. The monoisotopic (exact) mass is 248 g/mol. The fraction of sp³-hybridized carbons (Fsp3) is 0.867. The lowest BCUT2D eigenvalue weighted by Gasteiger charge is -2.56. The van der Waals surface area contributed by atoms with Crippen LogP contribution in [0.2, 0.25) is 0 Å². The molecule has 5 fully saturated rings. The van der Waals surface area contributed by atoms with Gasteiger partial charge in [-0.25, -0.2) is 0 Å². The Hall–Kier alpha value is -0.860. The van der Waals surface area contributed by atoms with Crippen molar-refractivity contribution in [2.24, 2.45) is 28.6 Å². The summed E-state index contributed by atoms with van der Waals surface area (Å²) >= 11 is 0. The molecule has 3 nitrogen and oxygen atoms in total. The van der Waals surface area contributed by atoms with Crippen LogP contribution in [0, 0.1) is 28.6 Å². The van der Waals surface area contributed by atoms with E-state index in [2.05, 4.69) is 0 Å². The van der Waals surface area contributed by atoms with Crippen molar-refractivity contribution in [2.45, 2.75) is 51.4 Å². The first-order valence-corrected chi connectivity index (χ1v) is 7.32. The number of Topliss-reactive ketones (excluding diaryl/α,β-unsaturated/α-hetero) is 1. The van der Waals surface area contributed by atoms with Crippen molar-refractivity contribution >= 4 is 11.8 Å². The highest BCUT2D eigenvalue weighted by Crippen LogP contribution is 2.64. The van der Waals surface area contributed by atoms with Gasteiger partial charge in [0.15, 0.2) is 5.78 Å². The number of carbonyl (C=O) groups excluding carboxylic acids is 1. The first kappa shape index (κ1) is 11.0. The second-order valence-electron chi connectivity index (χ2n) is 7.41. The summed E-state index contributed by atoms with van der Waals surface area (Å²) in [6.45, 7) is 0. The molecule has 4 bridgehead atoms. The van der Waals surface area contributed by atoms with Crippen molar-refractivity contribution < 1.29 is 14.7 Å². The molecule has 0 radical (unpaired) electrons. The Labute approximate surface area is 107 Å². The van der Waals surface area contributed by atoms with Gasteiger partial charge in [0, 0.05) is 5.41 Å². The molecule has 5 aliphatic rings. The maximum atomic E-state index is 12.8. The summed E-state index contributed by atoms with van der Waals surface area (Å²) in [6.07, 6.45) is 8.05. The van der Waals surface area contributed by atoms with E-state index in [0.29, 0.717) is 30.6 Å². The average molecular weight is 248 g/mol. The molecule has 3 heteroatoms. The Morgan fingerprint density at radius 1 is 0.889 bits per heavy atom. The first-order chi connectivity index (χ1) is 8.54. The van der Waals surface area contributed by atoms with Crippen molar-refractivity contribution in [3.05, 3.63) is 0 Å². The lowest BCUT2D eigenvalue weighted by molar-refractivity contribution is -0.160. The van der Waals surface area contributed by atoms with Crippen molar-refractivity contribution in [1.82, 2.24) is 0 Å². The Balaban J connectivity index is 1.68. The van der Waals surface area contributed by atoms with Crippen molar-refractivity contribution in [2.75, 3.05) is 0 Å². The highest BCUT2D eigenvalue weighted by atomic mass is 16.4. The SMILES string of the molecule is O=C(O)C1(C(=O)C23CC4CC(CC(C4)C2)C3)CC1. The van der Waals surface area contributed by atoms with Crippen molar-refractivity contribution in [3.63, 3.8) is 0 Å². The number of carboxylic acids is 1. The molecule has 5 rings (SSSR count). The van der Waals surface area contributed by atoms with Crippen LogP contribution in [0.5, 0.6) is 0 Å². The van der Waals surface area contributed by atoms with Gasteiger partial charge in [0.25, 0.3) is 0 Å². The van der Waals surface area contributed by atoms with E-state index in [1.54, 1.807) is 0 Å². The van der Waals surface area contributed by atoms with Gasteiger partial charge in [-0.3, -0.25) is 9.59 Å². The normalized spacial score (nSPS) is 47.0. The molecule has 18 heavy (non-hydrogen) atoms. The molecule has 0 atom stereocenters. The summed E-state index contributed by atoms with van der Waals surface area (Å²) in [7, 11) is 0. The summed E-state index contributed by atoms with van der Waals surface area (Å²) in [6, 6.07) is 0. The van der Waals surface area contributed by atoms with Gasteiger partial charge in [0.2, 0.25) is 0 Å². The van der Waals surface area contributed by atoms with Crippen LogP contribution in [-0.2, 0) is 9.59 Å². The minimum atomic E-state index is -0.967. The van der Waals surface area contributed by atoms with E-state index in [9.17, 15) is 14.7 Å². The van der Waals surface area contributed by atoms with E-state index in [4.69, 9.17) is 0 Å². The predicted octanol–water partition coefficient (Wildman–Crippen LogP) is 2.64. The second kappa shape index (κ2) is 3.17. The zero-order valence-electron chi connectivity index (χ0n) is 10.7. The summed E-state index contributed by atoms with van der Waals surface area (Å²) in [5.41, 5.74) is -1.20. The number of hydrogen-bond donors (Lipinski definition) is 1. The molecule has 0 aromatic rings. The van der Waals surface area contributed by atoms with E-state index >= 15 is 0 Å². The summed E-state index contributed by atoms with van der Waals surface area (Å²) < 4.78 is 0. The third kappa shape index (κ3) is 1.25. The third-order valence-corrected chi connectivity index (χ3v) is 6.11.